The van der Waals surface area contributed by atoms with Crippen LogP contribution >= 0.6 is 0 Å². The number of amides is 2. The molecule has 2 N–H and O–H groups in total. The third kappa shape index (κ3) is 3.33. The lowest BCUT2D eigenvalue weighted by Gasteiger charge is -2.33. The number of piperazine rings is 1. The minimum absolute atomic E-state index is 0.0164. The molecule has 2 aromatic rings. The fourth-order valence-corrected chi connectivity index (χ4v) is 4.37. The molecule has 9 nitrogen and oxygen atoms in total. The zero-order valence-corrected chi connectivity index (χ0v) is 15.0. The van der Waals surface area contributed by atoms with Crippen LogP contribution < -0.4 is 5.73 Å². The summed E-state index contributed by atoms with van der Waals surface area (Å²) in [5.41, 5.74) is 5.88. The Hall–Kier alpha value is -2.72. The van der Waals surface area contributed by atoms with Gasteiger partial charge in [-0.1, -0.05) is 0 Å². The van der Waals surface area contributed by atoms with Crippen LogP contribution in [-0.4, -0.2) is 65.2 Å². The Morgan fingerprint density at radius 3 is 2.27 bits per heavy atom. The summed E-state index contributed by atoms with van der Waals surface area (Å²) in [6.07, 6.45) is 4.45. The Balaban J connectivity index is 1.72. The molecule has 0 aliphatic carbocycles. The van der Waals surface area contributed by atoms with Crippen molar-refractivity contribution in [3.05, 3.63) is 48.0 Å². The maximum Gasteiger partial charge on any atom is 0.265 e. The molecule has 3 rings (SSSR count). The smallest absolute Gasteiger partial charge is 0.265 e. The van der Waals surface area contributed by atoms with Crippen LogP contribution in [0.5, 0.6) is 0 Å². The van der Waals surface area contributed by atoms with E-state index in [1.807, 2.05) is 0 Å². The van der Waals surface area contributed by atoms with Gasteiger partial charge in [-0.15, -0.1) is 0 Å². The molecule has 0 unspecified atom stereocenters. The quantitative estimate of drug-likeness (QED) is 0.782. The van der Waals surface area contributed by atoms with E-state index in [1.165, 1.54) is 21.1 Å². The van der Waals surface area contributed by atoms with Gasteiger partial charge in [-0.05, 0) is 18.2 Å². The summed E-state index contributed by atoms with van der Waals surface area (Å²) in [7, 11) is -2.19. The van der Waals surface area contributed by atoms with Crippen LogP contribution in [-0.2, 0) is 17.1 Å². The monoisotopic (exact) mass is 377 g/mol. The van der Waals surface area contributed by atoms with Crippen molar-refractivity contribution in [2.45, 2.75) is 4.90 Å². The zero-order valence-electron chi connectivity index (χ0n) is 14.2. The Kier molecular flexibility index (Phi) is 4.79. The van der Waals surface area contributed by atoms with E-state index in [1.54, 1.807) is 36.5 Å². The average Bonchev–Trinajstić information content (AvgIpc) is 3.05. The molecule has 2 aromatic heterocycles. The molecule has 2 amide bonds. The van der Waals surface area contributed by atoms with Crippen LogP contribution in [0, 0.1) is 0 Å². The first-order valence-electron chi connectivity index (χ1n) is 7.96. The van der Waals surface area contributed by atoms with E-state index in [0.29, 0.717) is 5.56 Å². The van der Waals surface area contributed by atoms with Crippen LogP contribution in [0.1, 0.15) is 20.8 Å². The van der Waals surface area contributed by atoms with E-state index in [2.05, 4.69) is 4.98 Å². The Bertz CT molecular complexity index is 931. The first-order valence-corrected chi connectivity index (χ1v) is 9.40. The summed E-state index contributed by atoms with van der Waals surface area (Å²) in [5.74, 6) is -0.845. The number of hydrogen-bond acceptors (Lipinski definition) is 5. The van der Waals surface area contributed by atoms with Gasteiger partial charge in [0, 0.05) is 57.4 Å². The number of aromatic nitrogens is 2. The van der Waals surface area contributed by atoms with Gasteiger partial charge in [0.15, 0.2) is 0 Å². The second-order valence-electron chi connectivity index (χ2n) is 5.97. The van der Waals surface area contributed by atoms with Crippen molar-refractivity contribution < 1.29 is 18.0 Å². The lowest BCUT2D eigenvalue weighted by molar-refractivity contribution is 0.0697. The van der Waals surface area contributed by atoms with Gasteiger partial charge in [0.05, 0.1) is 0 Å². The Morgan fingerprint density at radius 2 is 1.73 bits per heavy atom. The number of carbonyl (C=O) groups excluding carboxylic acids is 2. The van der Waals surface area contributed by atoms with Gasteiger partial charge in [0.1, 0.15) is 10.6 Å². The van der Waals surface area contributed by atoms with Crippen molar-refractivity contribution in [1.82, 2.24) is 18.8 Å². The fraction of sp³-hybridized carbons (Fsp3) is 0.312. The second-order valence-corrected chi connectivity index (χ2v) is 7.91. The normalized spacial score (nSPS) is 15.8. The van der Waals surface area contributed by atoms with Crippen LogP contribution in [0.2, 0.25) is 0 Å². The molecule has 1 aliphatic rings. The topological polar surface area (TPSA) is 119 Å². The van der Waals surface area contributed by atoms with Gasteiger partial charge in [-0.25, -0.2) is 8.42 Å². The number of carbonyl (C=O) groups is 2. The molecule has 1 aliphatic heterocycles. The summed E-state index contributed by atoms with van der Waals surface area (Å²) in [5, 5.41) is 0. The predicted octanol–water partition coefficient (Wildman–Crippen LogP) is -0.334. The minimum Gasteiger partial charge on any atom is -0.364 e. The zero-order chi connectivity index (χ0) is 18.9. The Labute approximate surface area is 151 Å². The number of nitrogens with zero attached hydrogens (tertiary/aromatic N) is 4. The van der Waals surface area contributed by atoms with Gasteiger partial charge in [0.25, 0.3) is 11.8 Å². The molecular formula is C16H19N5O4S. The summed E-state index contributed by atoms with van der Waals surface area (Å²) in [4.78, 5) is 29.3. The largest absolute Gasteiger partial charge is 0.364 e. The lowest BCUT2D eigenvalue weighted by atomic mass is 10.2. The summed E-state index contributed by atoms with van der Waals surface area (Å²) < 4.78 is 28.2. The third-order valence-corrected chi connectivity index (χ3v) is 6.19. The molecule has 0 radical (unpaired) electrons. The average molecular weight is 377 g/mol. The van der Waals surface area contributed by atoms with Gasteiger partial charge in [0.2, 0.25) is 10.0 Å². The van der Waals surface area contributed by atoms with E-state index in [4.69, 9.17) is 5.73 Å². The highest BCUT2D eigenvalue weighted by atomic mass is 32.2. The van der Waals surface area contributed by atoms with E-state index < -0.39 is 15.9 Å². The van der Waals surface area contributed by atoms with Crippen molar-refractivity contribution in [2.24, 2.45) is 12.8 Å². The number of rotatable bonds is 4. The van der Waals surface area contributed by atoms with Crippen molar-refractivity contribution in [3.8, 4) is 0 Å². The highest BCUT2D eigenvalue weighted by Gasteiger charge is 2.31. The molecule has 0 bridgehead atoms. The van der Waals surface area contributed by atoms with Crippen LogP contribution in [0.15, 0.2) is 41.7 Å². The molecule has 3 heterocycles. The first-order chi connectivity index (χ1) is 12.3. The molecular weight excluding hydrogens is 358 g/mol. The van der Waals surface area contributed by atoms with Gasteiger partial charge < -0.3 is 15.2 Å². The van der Waals surface area contributed by atoms with Crippen LogP contribution in [0.4, 0.5) is 0 Å². The summed E-state index contributed by atoms with van der Waals surface area (Å²) >= 11 is 0. The van der Waals surface area contributed by atoms with Gasteiger partial charge >= 0.3 is 0 Å². The SMILES string of the molecule is Cn1cc(S(=O)(=O)N2CCN(C(=O)c3ccncc3)CC2)cc1C(N)=O. The minimum atomic E-state index is -3.75. The molecule has 0 atom stereocenters. The Morgan fingerprint density at radius 1 is 1.12 bits per heavy atom. The predicted molar refractivity (Wildman–Crippen MR) is 92.8 cm³/mol. The molecule has 0 saturated carbocycles. The van der Waals surface area contributed by atoms with Crippen molar-refractivity contribution in [2.75, 3.05) is 26.2 Å². The fourth-order valence-electron chi connectivity index (χ4n) is 2.88. The first kappa shape index (κ1) is 18.1. The standard InChI is InChI=1S/C16H19N5O4S/c1-19-11-13(10-14(19)15(17)22)26(24,25)21-8-6-20(7-9-21)16(23)12-2-4-18-5-3-12/h2-5,10-11H,6-9H2,1H3,(H2,17,22). The molecule has 138 valence electrons. The number of primary amides is 1. The highest BCUT2D eigenvalue weighted by molar-refractivity contribution is 7.89. The van der Waals surface area contributed by atoms with E-state index >= 15 is 0 Å². The maximum absolute atomic E-state index is 12.8. The lowest BCUT2D eigenvalue weighted by Crippen LogP contribution is -2.50. The number of sulfonamides is 1. The van der Waals surface area contributed by atoms with Gasteiger partial charge in [-0.2, -0.15) is 4.31 Å². The number of pyridine rings is 1. The van der Waals surface area contributed by atoms with Gasteiger partial charge in [-0.3, -0.25) is 14.6 Å². The van der Waals surface area contributed by atoms with Crippen molar-refractivity contribution >= 4 is 21.8 Å². The molecule has 0 aromatic carbocycles. The van der Waals surface area contributed by atoms with Crippen molar-refractivity contribution in [1.29, 1.82) is 0 Å². The van der Waals surface area contributed by atoms with Crippen molar-refractivity contribution in [3.63, 3.8) is 0 Å². The van der Waals surface area contributed by atoms with E-state index in [9.17, 15) is 18.0 Å². The molecule has 1 saturated heterocycles. The number of aryl methyl sites for hydroxylation is 1. The molecule has 1 fully saturated rings. The summed E-state index contributed by atoms with van der Waals surface area (Å²) in [6.45, 7) is 0.936. The van der Waals surface area contributed by atoms with E-state index in [0.717, 1.165) is 0 Å². The maximum atomic E-state index is 12.8. The third-order valence-electron chi connectivity index (χ3n) is 4.32. The number of hydrogen-bond donors (Lipinski definition) is 1. The van der Waals surface area contributed by atoms with Crippen LogP contribution in [0.25, 0.3) is 0 Å². The molecule has 26 heavy (non-hydrogen) atoms. The number of nitrogens with two attached hydrogens (primary N) is 1. The molecule has 0 spiro atoms. The second kappa shape index (κ2) is 6.89. The summed E-state index contributed by atoms with van der Waals surface area (Å²) in [6, 6.07) is 4.52. The highest BCUT2D eigenvalue weighted by Crippen LogP contribution is 2.20. The molecule has 10 heteroatoms. The van der Waals surface area contributed by atoms with E-state index in [-0.39, 0.29) is 42.7 Å². The van der Waals surface area contributed by atoms with Crippen LogP contribution in [0.3, 0.4) is 0 Å².